The van der Waals surface area contributed by atoms with Crippen molar-refractivity contribution in [1.29, 1.82) is 0 Å². The SMILES string of the molecule is O=C1CCC2CN(c3nc(-c4c(O)cccc4F)c(Cl)c4c3C(=O)N3CCNC[C@@H]3CO4)CCN12. The van der Waals surface area contributed by atoms with E-state index >= 15 is 0 Å². The Morgan fingerprint density at radius 2 is 2.00 bits per heavy atom. The first kappa shape index (κ1) is 22.4. The molecule has 3 saturated heterocycles. The number of phenols is 1. The van der Waals surface area contributed by atoms with E-state index in [1.54, 1.807) is 4.90 Å². The Labute approximate surface area is 206 Å². The van der Waals surface area contributed by atoms with Crippen LogP contribution in [0.1, 0.15) is 23.2 Å². The molecule has 5 heterocycles. The number of aromatic hydroxyl groups is 1. The third kappa shape index (κ3) is 3.58. The number of hydrogen-bond donors (Lipinski definition) is 2. The number of phenolic OH excluding ortho intramolecular Hbond substituents is 1. The van der Waals surface area contributed by atoms with Gasteiger partial charge in [0.1, 0.15) is 40.3 Å². The van der Waals surface area contributed by atoms with Crippen LogP contribution < -0.4 is 15.0 Å². The van der Waals surface area contributed by atoms with Crippen LogP contribution in [0.4, 0.5) is 10.2 Å². The van der Waals surface area contributed by atoms with E-state index in [1.165, 1.54) is 18.2 Å². The molecule has 0 bridgehead atoms. The largest absolute Gasteiger partial charge is 0.507 e. The maximum absolute atomic E-state index is 14.9. The van der Waals surface area contributed by atoms with Crippen LogP contribution in [-0.2, 0) is 4.79 Å². The quantitative estimate of drug-likeness (QED) is 0.648. The Bertz CT molecular complexity index is 1210. The van der Waals surface area contributed by atoms with Gasteiger partial charge in [-0.1, -0.05) is 17.7 Å². The highest BCUT2D eigenvalue weighted by molar-refractivity contribution is 6.35. The Kier molecular flexibility index (Phi) is 5.45. The first-order chi connectivity index (χ1) is 16.9. The standard InChI is InChI=1S/C24H25ClFN5O4/c25-20-21(18-15(26)2-1-3-16(18)32)28-23(29-8-9-30-13(11-29)4-5-17(30)33)19-22(20)35-12-14-10-27-6-7-31(14)24(19)34/h1-3,13-14,27,32H,4-12H2/t13?,14-/m1/s1. The molecule has 1 unspecified atom stereocenters. The molecular weight excluding hydrogens is 477 g/mol. The molecule has 6 rings (SSSR count). The van der Waals surface area contributed by atoms with Crippen LogP contribution in [0.15, 0.2) is 18.2 Å². The summed E-state index contributed by atoms with van der Waals surface area (Å²) < 4.78 is 21.0. The second kappa shape index (κ2) is 8.53. The number of fused-ring (bicyclic) bond motifs is 3. The molecular formula is C24H25ClFN5O4. The fourth-order valence-electron chi connectivity index (χ4n) is 5.56. The van der Waals surface area contributed by atoms with E-state index in [0.717, 1.165) is 6.42 Å². The molecule has 0 radical (unpaired) electrons. The predicted octanol–water partition coefficient (Wildman–Crippen LogP) is 1.86. The molecule has 0 saturated carbocycles. The first-order valence-corrected chi connectivity index (χ1v) is 12.2. The zero-order chi connectivity index (χ0) is 24.3. The molecule has 2 N–H and O–H groups in total. The maximum atomic E-state index is 14.9. The Morgan fingerprint density at radius 1 is 1.14 bits per heavy atom. The van der Waals surface area contributed by atoms with Crippen LogP contribution in [0, 0.1) is 5.82 Å². The fourth-order valence-corrected chi connectivity index (χ4v) is 5.84. The van der Waals surface area contributed by atoms with Crippen molar-refractivity contribution in [3.8, 4) is 22.8 Å². The molecule has 2 aromatic rings. The summed E-state index contributed by atoms with van der Waals surface area (Å²) in [6, 6.07) is 3.82. The first-order valence-electron chi connectivity index (χ1n) is 11.8. The summed E-state index contributed by atoms with van der Waals surface area (Å²) in [5.41, 5.74) is 0.124. The van der Waals surface area contributed by atoms with Crippen molar-refractivity contribution in [1.82, 2.24) is 20.1 Å². The number of hydrogen-bond acceptors (Lipinski definition) is 7. The molecule has 0 aliphatic carbocycles. The van der Waals surface area contributed by atoms with Gasteiger partial charge >= 0.3 is 0 Å². The number of piperazine rings is 2. The molecule has 35 heavy (non-hydrogen) atoms. The summed E-state index contributed by atoms with van der Waals surface area (Å²) in [6.45, 7) is 3.46. The van der Waals surface area contributed by atoms with Crippen molar-refractivity contribution < 1.29 is 23.8 Å². The summed E-state index contributed by atoms with van der Waals surface area (Å²) >= 11 is 6.74. The maximum Gasteiger partial charge on any atom is 0.261 e. The molecule has 1 aromatic carbocycles. The van der Waals surface area contributed by atoms with Crippen LogP contribution in [0.3, 0.4) is 0 Å². The zero-order valence-electron chi connectivity index (χ0n) is 19.0. The summed E-state index contributed by atoms with van der Waals surface area (Å²) in [4.78, 5) is 36.4. The topological polar surface area (TPSA) is 98.2 Å². The van der Waals surface area contributed by atoms with Gasteiger partial charge in [-0.05, 0) is 18.6 Å². The van der Waals surface area contributed by atoms with Crippen LogP contribution >= 0.6 is 11.6 Å². The van der Waals surface area contributed by atoms with Crippen LogP contribution in [0.25, 0.3) is 11.3 Å². The average molecular weight is 502 g/mol. The van der Waals surface area contributed by atoms with Crippen molar-refractivity contribution in [2.24, 2.45) is 0 Å². The number of aromatic nitrogens is 1. The number of pyridine rings is 1. The normalized spacial score (nSPS) is 24.0. The number of nitrogens with zero attached hydrogens (tertiary/aromatic N) is 4. The highest BCUT2D eigenvalue weighted by atomic mass is 35.5. The predicted molar refractivity (Wildman–Crippen MR) is 126 cm³/mol. The van der Waals surface area contributed by atoms with Gasteiger partial charge in [0.15, 0.2) is 5.75 Å². The number of halogens is 2. The van der Waals surface area contributed by atoms with E-state index in [9.17, 15) is 19.1 Å². The molecule has 4 aliphatic heterocycles. The third-order valence-electron chi connectivity index (χ3n) is 7.34. The Morgan fingerprint density at radius 3 is 2.83 bits per heavy atom. The van der Waals surface area contributed by atoms with E-state index in [2.05, 4.69) is 5.32 Å². The summed E-state index contributed by atoms with van der Waals surface area (Å²) in [5.74, 6) is -0.597. The molecule has 2 amide bonds. The molecule has 184 valence electrons. The number of rotatable bonds is 2. The summed E-state index contributed by atoms with van der Waals surface area (Å²) in [6.07, 6.45) is 1.24. The molecule has 11 heteroatoms. The van der Waals surface area contributed by atoms with Gasteiger partial charge in [0, 0.05) is 51.7 Å². The Balaban J connectivity index is 1.53. The number of benzene rings is 1. The lowest BCUT2D eigenvalue weighted by Gasteiger charge is -2.39. The van der Waals surface area contributed by atoms with Crippen molar-refractivity contribution in [3.63, 3.8) is 0 Å². The molecule has 4 aliphatic rings. The fraction of sp³-hybridized carbons (Fsp3) is 0.458. The van der Waals surface area contributed by atoms with Gasteiger partial charge in [0.25, 0.3) is 5.91 Å². The van der Waals surface area contributed by atoms with Gasteiger partial charge in [0.2, 0.25) is 5.91 Å². The lowest BCUT2D eigenvalue weighted by molar-refractivity contribution is -0.129. The number of amides is 2. The minimum atomic E-state index is -0.682. The minimum absolute atomic E-state index is 0.0139. The number of carbonyl (C=O) groups excluding carboxylic acids is 2. The second-order valence-electron chi connectivity index (χ2n) is 9.33. The summed E-state index contributed by atoms with van der Waals surface area (Å²) in [5, 5.41) is 13.7. The number of anilines is 1. The molecule has 0 spiro atoms. The van der Waals surface area contributed by atoms with Crippen LogP contribution in [0.5, 0.6) is 11.5 Å². The van der Waals surface area contributed by atoms with Crippen molar-refractivity contribution in [2.75, 3.05) is 50.8 Å². The lowest BCUT2D eigenvalue weighted by Crippen LogP contribution is -2.55. The number of carbonyl (C=O) groups is 2. The van der Waals surface area contributed by atoms with Crippen molar-refractivity contribution >= 4 is 29.2 Å². The minimum Gasteiger partial charge on any atom is -0.507 e. The van der Waals surface area contributed by atoms with E-state index < -0.39 is 5.82 Å². The van der Waals surface area contributed by atoms with Gasteiger partial charge in [0.05, 0.1) is 11.6 Å². The highest BCUT2D eigenvalue weighted by Crippen LogP contribution is 2.46. The molecule has 3 fully saturated rings. The monoisotopic (exact) mass is 501 g/mol. The second-order valence-corrected chi connectivity index (χ2v) is 9.71. The average Bonchev–Trinajstić information content (AvgIpc) is 3.15. The van der Waals surface area contributed by atoms with Gasteiger partial charge in [-0.2, -0.15) is 0 Å². The van der Waals surface area contributed by atoms with E-state index in [1.807, 2.05) is 9.80 Å². The van der Waals surface area contributed by atoms with Gasteiger partial charge in [-0.3, -0.25) is 9.59 Å². The van der Waals surface area contributed by atoms with Gasteiger partial charge < -0.3 is 29.9 Å². The van der Waals surface area contributed by atoms with E-state index in [-0.39, 0.29) is 63.8 Å². The van der Waals surface area contributed by atoms with Crippen LogP contribution in [-0.4, -0.2) is 89.7 Å². The highest BCUT2D eigenvalue weighted by Gasteiger charge is 2.41. The van der Waals surface area contributed by atoms with E-state index in [0.29, 0.717) is 51.5 Å². The molecule has 2 atom stereocenters. The smallest absolute Gasteiger partial charge is 0.261 e. The third-order valence-corrected chi connectivity index (χ3v) is 7.69. The number of ether oxygens (including phenoxy) is 1. The van der Waals surface area contributed by atoms with Crippen LogP contribution in [0.2, 0.25) is 5.02 Å². The lowest BCUT2D eigenvalue weighted by atomic mass is 10.0. The molecule has 1 aromatic heterocycles. The zero-order valence-corrected chi connectivity index (χ0v) is 19.7. The van der Waals surface area contributed by atoms with Gasteiger partial charge in [-0.25, -0.2) is 9.37 Å². The van der Waals surface area contributed by atoms with E-state index in [4.69, 9.17) is 21.3 Å². The molecule has 9 nitrogen and oxygen atoms in total. The number of nitrogens with one attached hydrogen (secondary N) is 1. The van der Waals surface area contributed by atoms with Crippen molar-refractivity contribution in [2.45, 2.75) is 24.9 Å². The van der Waals surface area contributed by atoms with Gasteiger partial charge in [-0.15, -0.1) is 0 Å². The Hall–Kier alpha value is -3.11. The van der Waals surface area contributed by atoms with Crippen molar-refractivity contribution in [3.05, 3.63) is 34.6 Å². The summed E-state index contributed by atoms with van der Waals surface area (Å²) in [7, 11) is 0.